The van der Waals surface area contributed by atoms with Gasteiger partial charge in [0.25, 0.3) is 5.56 Å². The smallest absolute Gasteiger partial charge is 0.262 e. The molecule has 2 amide bonds. The maximum absolute atomic E-state index is 13.3. The van der Waals surface area contributed by atoms with Crippen LogP contribution in [-0.2, 0) is 16.1 Å². The number of carbonyl (C=O) groups excluding carboxylic acids is 2. The van der Waals surface area contributed by atoms with Crippen molar-refractivity contribution >= 4 is 57.5 Å². The lowest BCUT2D eigenvalue weighted by Gasteiger charge is -2.42. The first-order valence-corrected chi connectivity index (χ1v) is 11.3. The highest BCUT2D eigenvalue weighted by Gasteiger charge is 2.43. The molecule has 1 N–H and O–H groups in total. The second-order valence-electron chi connectivity index (χ2n) is 7.81. The number of nitrogens with zero attached hydrogens (tertiary/aromatic N) is 3. The highest BCUT2D eigenvalue weighted by molar-refractivity contribution is 7.99. The number of allylic oxidation sites excluding steroid dienone is 1. The number of hydrogen-bond acceptors (Lipinski definition) is 5. The standard InChI is InChI=1S/C23H21ClN4O3S/c1-4-11-27-20(30)15-10-9-14(24)12-17(15)26-22(27)32-13-19(29)28-18-8-6-5-7-16(18)25-21(31)23(28,2)3/h4-10,12H,1,11,13H2,2-3H3,(H,25,31). The summed E-state index contributed by atoms with van der Waals surface area (Å²) in [5, 5.41) is 4.13. The van der Waals surface area contributed by atoms with E-state index < -0.39 is 5.54 Å². The molecule has 2 heterocycles. The van der Waals surface area contributed by atoms with E-state index in [0.29, 0.717) is 32.5 Å². The van der Waals surface area contributed by atoms with Gasteiger partial charge in [-0.05, 0) is 44.2 Å². The molecule has 164 valence electrons. The second-order valence-corrected chi connectivity index (χ2v) is 9.19. The molecule has 1 aliphatic rings. The summed E-state index contributed by atoms with van der Waals surface area (Å²) in [6, 6.07) is 12.1. The Hall–Kier alpha value is -3.10. The number of rotatable bonds is 5. The van der Waals surface area contributed by atoms with Crippen LogP contribution >= 0.6 is 23.4 Å². The first kappa shape index (κ1) is 22.1. The van der Waals surface area contributed by atoms with Crippen LogP contribution in [0.4, 0.5) is 11.4 Å². The van der Waals surface area contributed by atoms with Crippen molar-refractivity contribution in [2.75, 3.05) is 16.0 Å². The molecule has 32 heavy (non-hydrogen) atoms. The van der Waals surface area contributed by atoms with Crippen molar-refractivity contribution in [1.82, 2.24) is 9.55 Å². The fourth-order valence-corrected chi connectivity index (χ4v) is 4.69. The average molecular weight is 469 g/mol. The number of thioether (sulfide) groups is 1. The summed E-state index contributed by atoms with van der Waals surface area (Å²) in [6.07, 6.45) is 1.60. The van der Waals surface area contributed by atoms with Crippen LogP contribution < -0.4 is 15.8 Å². The van der Waals surface area contributed by atoms with Gasteiger partial charge in [0.2, 0.25) is 11.8 Å². The molecule has 0 atom stereocenters. The maximum Gasteiger partial charge on any atom is 0.262 e. The molecule has 2 aromatic carbocycles. The molecule has 0 saturated carbocycles. The molecule has 0 radical (unpaired) electrons. The zero-order chi connectivity index (χ0) is 23.0. The van der Waals surface area contributed by atoms with Crippen molar-refractivity contribution in [3.63, 3.8) is 0 Å². The fraction of sp³-hybridized carbons (Fsp3) is 0.217. The Morgan fingerprint density at radius 1 is 1.25 bits per heavy atom. The Morgan fingerprint density at radius 3 is 2.75 bits per heavy atom. The summed E-state index contributed by atoms with van der Waals surface area (Å²) in [7, 11) is 0. The summed E-state index contributed by atoms with van der Waals surface area (Å²) in [5.74, 6) is -0.551. The van der Waals surface area contributed by atoms with E-state index in [1.165, 1.54) is 9.47 Å². The van der Waals surface area contributed by atoms with E-state index in [1.54, 1.807) is 56.3 Å². The lowest BCUT2D eigenvalue weighted by atomic mass is 9.96. The fourth-order valence-electron chi connectivity index (χ4n) is 3.66. The van der Waals surface area contributed by atoms with Gasteiger partial charge in [0.15, 0.2) is 5.16 Å². The third kappa shape index (κ3) is 3.80. The molecule has 0 aliphatic carbocycles. The number of anilines is 2. The molecule has 9 heteroatoms. The van der Waals surface area contributed by atoms with E-state index in [9.17, 15) is 14.4 Å². The predicted molar refractivity (Wildman–Crippen MR) is 129 cm³/mol. The molecule has 4 rings (SSSR count). The number of fused-ring (bicyclic) bond motifs is 2. The lowest BCUT2D eigenvalue weighted by Crippen LogP contribution is -2.59. The molecule has 7 nitrogen and oxygen atoms in total. The summed E-state index contributed by atoms with van der Waals surface area (Å²) in [5.41, 5.74) is 0.365. The summed E-state index contributed by atoms with van der Waals surface area (Å²) >= 11 is 7.21. The second kappa shape index (κ2) is 8.44. The van der Waals surface area contributed by atoms with Crippen molar-refractivity contribution < 1.29 is 9.59 Å². The molecule has 0 spiro atoms. The first-order valence-electron chi connectivity index (χ1n) is 9.91. The minimum Gasteiger partial charge on any atom is -0.322 e. The highest BCUT2D eigenvalue weighted by Crippen LogP contribution is 2.37. The normalized spacial score (nSPS) is 14.7. The molecule has 0 unspecified atom stereocenters. The van der Waals surface area contributed by atoms with Gasteiger partial charge in [-0.2, -0.15) is 0 Å². The Morgan fingerprint density at radius 2 is 2.00 bits per heavy atom. The van der Waals surface area contributed by atoms with Gasteiger partial charge in [0.1, 0.15) is 5.54 Å². The van der Waals surface area contributed by atoms with E-state index in [1.807, 2.05) is 6.07 Å². The zero-order valence-electron chi connectivity index (χ0n) is 17.6. The van der Waals surface area contributed by atoms with Crippen molar-refractivity contribution in [2.24, 2.45) is 0 Å². The zero-order valence-corrected chi connectivity index (χ0v) is 19.2. The molecular weight excluding hydrogens is 448 g/mol. The van der Waals surface area contributed by atoms with E-state index in [4.69, 9.17) is 11.6 Å². The van der Waals surface area contributed by atoms with Crippen LogP contribution in [0.1, 0.15) is 13.8 Å². The van der Waals surface area contributed by atoms with Crippen molar-refractivity contribution in [2.45, 2.75) is 31.1 Å². The summed E-state index contributed by atoms with van der Waals surface area (Å²) in [4.78, 5) is 45.0. The van der Waals surface area contributed by atoms with Crippen LogP contribution in [-0.4, -0.2) is 32.7 Å². The van der Waals surface area contributed by atoms with Crippen LogP contribution in [0.25, 0.3) is 10.9 Å². The van der Waals surface area contributed by atoms with Crippen molar-refractivity contribution in [1.29, 1.82) is 0 Å². The molecule has 0 bridgehead atoms. The maximum atomic E-state index is 13.3. The number of halogens is 1. The van der Waals surface area contributed by atoms with Crippen LogP contribution in [0.2, 0.25) is 5.02 Å². The van der Waals surface area contributed by atoms with Gasteiger partial charge in [0, 0.05) is 11.6 Å². The molecule has 1 aromatic heterocycles. The number of nitrogens with one attached hydrogen (secondary N) is 1. The van der Waals surface area contributed by atoms with Gasteiger partial charge in [-0.25, -0.2) is 4.98 Å². The SMILES string of the molecule is C=CCn1c(SCC(=O)N2c3ccccc3NC(=O)C2(C)C)nc2cc(Cl)ccc2c1=O. The minimum atomic E-state index is -1.07. The molecular formula is C23H21ClN4O3S. The number of aromatic nitrogens is 2. The average Bonchev–Trinajstić information content (AvgIpc) is 2.75. The van der Waals surface area contributed by atoms with Gasteiger partial charge >= 0.3 is 0 Å². The first-order chi connectivity index (χ1) is 15.2. The Bertz CT molecular complexity index is 1320. The van der Waals surface area contributed by atoms with Crippen LogP contribution in [0, 0.1) is 0 Å². The quantitative estimate of drug-likeness (QED) is 0.346. The predicted octanol–water partition coefficient (Wildman–Crippen LogP) is 4.09. The van der Waals surface area contributed by atoms with Gasteiger partial charge in [0.05, 0.1) is 28.0 Å². The number of hydrogen-bond donors (Lipinski definition) is 1. The van der Waals surface area contributed by atoms with Crippen LogP contribution in [0.3, 0.4) is 0 Å². The third-order valence-electron chi connectivity index (χ3n) is 5.28. The van der Waals surface area contributed by atoms with Gasteiger partial charge in [-0.15, -0.1) is 6.58 Å². The topological polar surface area (TPSA) is 84.3 Å². The number of amides is 2. The van der Waals surface area contributed by atoms with Crippen molar-refractivity contribution in [3.05, 3.63) is 70.5 Å². The third-order valence-corrected chi connectivity index (χ3v) is 6.47. The van der Waals surface area contributed by atoms with Gasteiger partial charge in [-0.1, -0.05) is 41.6 Å². The Kier molecular flexibility index (Phi) is 5.83. The van der Waals surface area contributed by atoms with E-state index >= 15 is 0 Å². The van der Waals surface area contributed by atoms with Crippen molar-refractivity contribution in [3.8, 4) is 0 Å². The molecule has 3 aromatic rings. The lowest BCUT2D eigenvalue weighted by molar-refractivity contribution is -0.125. The minimum absolute atomic E-state index is 0.0132. The van der Waals surface area contributed by atoms with Gasteiger partial charge in [-0.3, -0.25) is 23.9 Å². The van der Waals surface area contributed by atoms with E-state index in [-0.39, 0.29) is 29.7 Å². The summed E-state index contributed by atoms with van der Waals surface area (Å²) in [6.45, 7) is 7.37. The van der Waals surface area contributed by atoms with E-state index in [0.717, 1.165) is 11.8 Å². The van der Waals surface area contributed by atoms with Crippen LogP contribution in [0.5, 0.6) is 0 Å². The molecule has 0 fully saturated rings. The van der Waals surface area contributed by atoms with Gasteiger partial charge < -0.3 is 5.32 Å². The number of benzene rings is 2. The molecule has 0 saturated heterocycles. The summed E-state index contributed by atoms with van der Waals surface area (Å²) < 4.78 is 1.48. The molecule has 1 aliphatic heterocycles. The highest BCUT2D eigenvalue weighted by atomic mass is 35.5. The van der Waals surface area contributed by atoms with Crippen LogP contribution in [0.15, 0.2) is 65.1 Å². The number of para-hydroxylation sites is 2. The monoisotopic (exact) mass is 468 g/mol. The van der Waals surface area contributed by atoms with E-state index in [2.05, 4.69) is 16.9 Å². The number of carbonyl (C=O) groups is 2. The Balaban J connectivity index is 1.70. The largest absolute Gasteiger partial charge is 0.322 e. The Labute approximate surface area is 194 Å².